The van der Waals surface area contributed by atoms with Gasteiger partial charge in [0.25, 0.3) is 5.82 Å². The fourth-order valence-corrected chi connectivity index (χ4v) is 1.66. The van der Waals surface area contributed by atoms with Crippen LogP contribution in [0.5, 0.6) is 0 Å². The smallest absolute Gasteiger partial charge is 0.332 e. The Morgan fingerprint density at radius 3 is 2.54 bits per heavy atom. The van der Waals surface area contributed by atoms with Crippen molar-refractivity contribution in [2.75, 3.05) is 17.7 Å². The van der Waals surface area contributed by atoms with E-state index in [1.54, 1.807) is 24.3 Å². The molecule has 0 radical (unpaired) electrons. The van der Waals surface area contributed by atoms with E-state index in [-0.39, 0.29) is 28.3 Å². The van der Waals surface area contributed by atoms with Gasteiger partial charge in [0.1, 0.15) is 29.5 Å². The van der Waals surface area contributed by atoms with E-state index in [9.17, 15) is 15.4 Å². The van der Waals surface area contributed by atoms with Gasteiger partial charge in [-0.3, -0.25) is 10.1 Å². The van der Waals surface area contributed by atoms with Gasteiger partial charge < -0.3 is 5.32 Å². The van der Waals surface area contributed by atoms with Crippen molar-refractivity contribution >= 4 is 17.2 Å². The number of nitriles is 3. The zero-order chi connectivity index (χ0) is 17.9. The third kappa shape index (κ3) is 4.42. The van der Waals surface area contributed by atoms with Crippen molar-refractivity contribution in [1.29, 1.82) is 15.8 Å². The molecule has 1 rings (SSSR count). The van der Waals surface area contributed by atoms with E-state index in [0.29, 0.717) is 0 Å². The average molecular weight is 322 g/mol. The highest BCUT2D eigenvalue weighted by Gasteiger charge is 2.24. The van der Waals surface area contributed by atoms with Crippen molar-refractivity contribution in [3.8, 4) is 18.2 Å². The quantitative estimate of drug-likeness (QED) is 0.350. The maximum atomic E-state index is 10.9. The van der Waals surface area contributed by atoms with Gasteiger partial charge in [-0.15, -0.1) is 0 Å². The predicted molar refractivity (Wildman–Crippen MR) is 85.1 cm³/mol. The molecule has 1 aromatic rings. The molecule has 9 nitrogen and oxygen atoms in total. The minimum atomic E-state index is -0.597. The summed E-state index contributed by atoms with van der Waals surface area (Å²) in [5.41, 5.74) is -0.101. The molecule has 0 saturated carbocycles. The Bertz CT molecular complexity index is 832. The first kappa shape index (κ1) is 17.9. The molecule has 3 N–H and O–H groups in total. The minimum Gasteiger partial charge on any atom is -0.381 e. The Labute approximate surface area is 137 Å². The number of hydrogen-bond donors (Lipinski definition) is 2. The van der Waals surface area contributed by atoms with Crippen molar-refractivity contribution in [2.45, 2.75) is 0 Å². The van der Waals surface area contributed by atoms with Gasteiger partial charge in [-0.2, -0.15) is 15.8 Å². The van der Waals surface area contributed by atoms with Crippen LogP contribution in [0.25, 0.3) is 0 Å². The number of H-pyrrole nitrogens is 1. The Morgan fingerprint density at radius 1 is 1.29 bits per heavy atom. The van der Waals surface area contributed by atoms with E-state index in [2.05, 4.69) is 15.6 Å². The van der Waals surface area contributed by atoms with Crippen LogP contribution in [-0.4, -0.2) is 12.0 Å². The molecule has 0 aliphatic rings. The SMILES string of the molecule is CNc1c([N+](=O)[O-])c[nH+]c(N/C=C/C=C/C=C(C#N)C#N)c1C#N. The number of pyridine rings is 1. The van der Waals surface area contributed by atoms with Gasteiger partial charge in [-0.05, 0) is 12.2 Å². The van der Waals surface area contributed by atoms with E-state index in [4.69, 9.17) is 10.5 Å². The molecule has 0 atom stereocenters. The summed E-state index contributed by atoms with van der Waals surface area (Å²) in [5.74, 6) is 0.280. The lowest BCUT2D eigenvalue weighted by atomic mass is 10.2. The number of nitro groups is 1. The second kappa shape index (κ2) is 8.98. The van der Waals surface area contributed by atoms with Crippen molar-refractivity contribution in [3.05, 3.63) is 58.0 Å². The lowest BCUT2D eigenvalue weighted by molar-refractivity contribution is -0.412. The van der Waals surface area contributed by atoms with Crippen molar-refractivity contribution in [3.63, 3.8) is 0 Å². The molecular weight excluding hydrogens is 310 g/mol. The number of hydrogen-bond acceptors (Lipinski definition) is 7. The summed E-state index contributed by atoms with van der Waals surface area (Å²) >= 11 is 0. The molecule has 0 bridgehead atoms. The summed E-state index contributed by atoms with van der Waals surface area (Å²) in [6.07, 6.45) is 8.65. The number of allylic oxidation sites excluding steroid dienone is 5. The zero-order valence-electron chi connectivity index (χ0n) is 12.6. The summed E-state index contributed by atoms with van der Waals surface area (Å²) in [4.78, 5) is 13.0. The molecule has 9 heteroatoms. The number of nitrogens with one attached hydrogen (secondary N) is 3. The lowest BCUT2D eigenvalue weighted by Crippen LogP contribution is -2.15. The molecule has 0 aliphatic carbocycles. The summed E-state index contributed by atoms with van der Waals surface area (Å²) in [6, 6.07) is 5.33. The van der Waals surface area contributed by atoms with Crippen molar-refractivity contribution in [2.24, 2.45) is 0 Å². The van der Waals surface area contributed by atoms with Crippen LogP contribution in [0.2, 0.25) is 0 Å². The number of aromatic nitrogens is 1. The summed E-state index contributed by atoms with van der Waals surface area (Å²) in [7, 11) is 1.49. The third-order valence-electron chi connectivity index (χ3n) is 2.72. The van der Waals surface area contributed by atoms with Crippen LogP contribution >= 0.6 is 0 Å². The largest absolute Gasteiger partial charge is 0.381 e. The lowest BCUT2D eigenvalue weighted by Gasteiger charge is -2.04. The molecule has 0 spiro atoms. The van der Waals surface area contributed by atoms with Crippen molar-refractivity contribution in [1.82, 2.24) is 0 Å². The Morgan fingerprint density at radius 2 is 2.00 bits per heavy atom. The highest BCUT2D eigenvalue weighted by molar-refractivity contribution is 5.74. The monoisotopic (exact) mass is 322 g/mol. The highest BCUT2D eigenvalue weighted by atomic mass is 16.6. The maximum absolute atomic E-state index is 10.9. The maximum Gasteiger partial charge on any atom is 0.332 e. The van der Waals surface area contributed by atoms with Gasteiger partial charge >= 0.3 is 5.69 Å². The predicted octanol–water partition coefficient (Wildman–Crippen LogP) is 1.78. The first-order chi connectivity index (χ1) is 11.6. The molecule has 1 heterocycles. The molecule has 0 amide bonds. The van der Waals surface area contributed by atoms with Crippen LogP contribution in [-0.2, 0) is 0 Å². The fourth-order valence-electron chi connectivity index (χ4n) is 1.66. The van der Waals surface area contributed by atoms with Gasteiger partial charge in [-0.1, -0.05) is 12.2 Å². The molecule has 0 unspecified atom stereocenters. The first-order valence-corrected chi connectivity index (χ1v) is 6.50. The van der Waals surface area contributed by atoms with Gasteiger partial charge in [0.15, 0.2) is 11.8 Å². The van der Waals surface area contributed by atoms with E-state index >= 15 is 0 Å². The number of anilines is 2. The van der Waals surface area contributed by atoms with Crippen LogP contribution in [0.1, 0.15) is 5.56 Å². The zero-order valence-corrected chi connectivity index (χ0v) is 12.6. The van der Waals surface area contributed by atoms with Crippen LogP contribution in [0, 0.1) is 44.1 Å². The Balaban J connectivity index is 2.96. The molecule has 1 aromatic heterocycles. The van der Waals surface area contributed by atoms with Gasteiger partial charge in [0.2, 0.25) is 0 Å². The summed E-state index contributed by atoms with van der Waals surface area (Å²) < 4.78 is 0. The van der Waals surface area contributed by atoms with E-state index < -0.39 is 4.92 Å². The van der Waals surface area contributed by atoms with Gasteiger partial charge in [0, 0.05) is 7.05 Å². The van der Waals surface area contributed by atoms with Crippen LogP contribution in [0.3, 0.4) is 0 Å². The number of aromatic amines is 1. The average Bonchev–Trinajstić information content (AvgIpc) is 2.60. The normalized spacial score (nSPS) is 9.75. The van der Waals surface area contributed by atoms with Crippen LogP contribution in [0.15, 0.2) is 42.3 Å². The third-order valence-corrected chi connectivity index (χ3v) is 2.72. The summed E-state index contributed by atoms with van der Waals surface area (Å²) in [6.45, 7) is 0. The van der Waals surface area contributed by atoms with Crippen molar-refractivity contribution < 1.29 is 9.91 Å². The van der Waals surface area contributed by atoms with Crippen LogP contribution < -0.4 is 15.6 Å². The second-order valence-electron chi connectivity index (χ2n) is 4.11. The molecule has 24 heavy (non-hydrogen) atoms. The van der Waals surface area contributed by atoms with Crippen LogP contribution in [0.4, 0.5) is 17.2 Å². The van der Waals surface area contributed by atoms with E-state index in [1.165, 1.54) is 31.6 Å². The molecule has 0 saturated heterocycles. The Hall–Kier alpha value is -4.16. The topological polar surface area (TPSA) is 153 Å². The van der Waals surface area contributed by atoms with Gasteiger partial charge in [0.05, 0.1) is 11.1 Å². The molecular formula is C15H12N7O2+. The van der Waals surface area contributed by atoms with Gasteiger partial charge in [-0.25, -0.2) is 10.3 Å². The minimum absolute atomic E-state index is 0.0262. The first-order valence-electron chi connectivity index (χ1n) is 6.50. The number of nitrogens with zero attached hydrogens (tertiary/aromatic N) is 4. The molecule has 0 aromatic carbocycles. The number of rotatable bonds is 6. The van der Waals surface area contributed by atoms with E-state index in [1.807, 2.05) is 6.07 Å². The molecule has 0 aliphatic heterocycles. The molecule has 0 fully saturated rings. The highest BCUT2D eigenvalue weighted by Crippen LogP contribution is 2.28. The van der Waals surface area contributed by atoms with E-state index in [0.717, 1.165) is 0 Å². The standard InChI is InChI=1S/C15H11N7O2/c1-19-14-12(9-18)15(21-10-13(14)22(23)24)20-6-4-2-3-5-11(7-16)8-17/h2-6,10H,1H3,(H2,19,20,21)/p+1/b3-2+,6-4+. The second-order valence-corrected chi connectivity index (χ2v) is 4.11. The Kier molecular flexibility index (Phi) is 6.69. The summed E-state index contributed by atoms with van der Waals surface area (Å²) in [5, 5.41) is 42.7. The fraction of sp³-hybridized carbons (Fsp3) is 0.0667. The molecule has 118 valence electrons.